The lowest BCUT2D eigenvalue weighted by atomic mass is 10.1. The maximum Gasteiger partial charge on any atom is 0.319 e. The Balaban J connectivity index is 2.15. The zero-order chi connectivity index (χ0) is 15.7. The molecular formula is C15H21FN2O3. The Morgan fingerprint density at radius 2 is 1.86 bits per heavy atom. The average molecular weight is 296 g/mol. The Morgan fingerprint density at radius 1 is 1.14 bits per heavy atom. The minimum Gasteiger partial charge on any atom is -0.481 e. The topological polar surface area (TPSA) is 78.4 Å². The highest BCUT2D eigenvalue weighted by Gasteiger charge is 2.03. The van der Waals surface area contributed by atoms with Crippen LogP contribution in [0.1, 0.15) is 37.7 Å². The van der Waals surface area contributed by atoms with Crippen LogP contribution in [0.4, 0.5) is 14.9 Å². The summed E-state index contributed by atoms with van der Waals surface area (Å²) in [5, 5.41) is 13.7. The predicted molar refractivity (Wildman–Crippen MR) is 78.9 cm³/mol. The number of unbranched alkanes of at least 4 members (excludes halogenated alkanes) is 3. The van der Waals surface area contributed by atoms with E-state index in [-0.39, 0.29) is 18.3 Å². The molecule has 0 aliphatic carbocycles. The van der Waals surface area contributed by atoms with Crippen LogP contribution in [-0.4, -0.2) is 23.7 Å². The fourth-order valence-electron chi connectivity index (χ4n) is 1.94. The summed E-state index contributed by atoms with van der Waals surface area (Å²) < 4.78 is 13.1. The van der Waals surface area contributed by atoms with E-state index in [2.05, 4.69) is 10.6 Å². The molecule has 0 saturated carbocycles. The lowest BCUT2D eigenvalue weighted by Gasteiger charge is -2.08. The first-order valence-corrected chi connectivity index (χ1v) is 7.01. The van der Waals surface area contributed by atoms with Gasteiger partial charge >= 0.3 is 12.0 Å². The van der Waals surface area contributed by atoms with Gasteiger partial charge in [-0.25, -0.2) is 9.18 Å². The number of benzene rings is 1. The molecule has 116 valence electrons. The monoisotopic (exact) mass is 296 g/mol. The fraction of sp³-hybridized carbons (Fsp3) is 0.467. The normalized spacial score (nSPS) is 10.2. The molecular weight excluding hydrogens is 275 g/mol. The van der Waals surface area contributed by atoms with Crippen LogP contribution in [0.2, 0.25) is 0 Å². The Labute approximate surface area is 123 Å². The third-order valence-electron chi connectivity index (χ3n) is 2.90. The van der Waals surface area contributed by atoms with Gasteiger partial charge in [-0.15, -0.1) is 0 Å². The Kier molecular flexibility index (Phi) is 7.21. The first kappa shape index (κ1) is 16.9. The average Bonchev–Trinajstić information content (AvgIpc) is 2.35. The lowest BCUT2D eigenvalue weighted by molar-refractivity contribution is -0.137. The van der Waals surface area contributed by atoms with Gasteiger partial charge < -0.3 is 15.7 Å². The molecule has 0 saturated heterocycles. The summed E-state index contributed by atoms with van der Waals surface area (Å²) in [5.74, 6) is -1.17. The Hall–Kier alpha value is -2.11. The van der Waals surface area contributed by atoms with E-state index in [1.807, 2.05) is 0 Å². The van der Waals surface area contributed by atoms with Crippen LogP contribution < -0.4 is 10.6 Å². The van der Waals surface area contributed by atoms with Gasteiger partial charge in [0.05, 0.1) is 0 Å². The second-order valence-corrected chi connectivity index (χ2v) is 4.96. The maximum absolute atomic E-state index is 13.1. The molecule has 0 bridgehead atoms. The Morgan fingerprint density at radius 3 is 2.52 bits per heavy atom. The molecule has 1 aromatic rings. The molecule has 0 unspecified atom stereocenters. The van der Waals surface area contributed by atoms with Crippen LogP contribution in [0, 0.1) is 12.7 Å². The van der Waals surface area contributed by atoms with E-state index in [0.717, 1.165) is 24.8 Å². The van der Waals surface area contributed by atoms with Crippen LogP contribution in [0.5, 0.6) is 0 Å². The summed E-state index contributed by atoms with van der Waals surface area (Å²) >= 11 is 0. The van der Waals surface area contributed by atoms with E-state index in [1.54, 1.807) is 13.0 Å². The zero-order valence-electron chi connectivity index (χ0n) is 12.1. The van der Waals surface area contributed by atoms with Crippen molar-refractivity contribution in [2.75, 3.05) is 11.9 Å². The van der Waals surface area contributed by atoms with Gasteiger partial charge in [-0.3, -0.25) is 4.79 Å². The van der Waals surface area contributed by atoms with Crippen LogP contribution >= 0.6 is 0 Å². The largest absolute Gasteiger partial charge is 0.481 e. The number of anilines is 1. The highest BCUT2D eigenvalue weighted by molar-refractivity contribution is 5.89. The van der Waals surface area contributed by atoms with Crippen molar-refractivity contribution >= 4 is 17.7 Å². The van der Waals surface area contributed by atoms with Gasteiger partial charge in [-0.2, -0.15) is 0 Å². The molecule has 3 N–H and O–H groups in total. The van der Waals surface area contributed by atoms with E-state index < -0.39 is 5.97 Å². The number of carbonyl (C=O) groups is 2. The molecule has 1 rings (SSSR count). The third kappa shape index (κ3) is 7.91. The number of halogens is 1. The number of aliphatic carboxylic acids is 1. The summed E-state index contributed by atoms with van der Waals surface area (Å²) in [4.78, 5) is 21.9. The molecule has 0 radical (unpaired) electrons. The number of nitrogens with one attached hydrogen (secondary N) is 2. The van der Waals surface area contributed by atoms with Gasteiger partial charge in [0.2, 0.25) is 0 Å². The number of hydrogen-bond donors (Lipinski definition) is 3. The minimum atomic E-state index is -0.780. The van der Waals surface area contributed by atoms with Crippen molar-refractivity contribution in [3.63, 3.8) is 0 Å². The number of urea groups is 1. The maximum atomic E-state index is 13.1. The number of amides is 2. The summed E-state index contributed by atoms with van der Waals surface area (Å²) in [6.45, 7) is 2.26. The van der Waals surface area contributed by atoms with Gasteiger partial charge in [0, 0.05) is 18.7 Å². The molecule has 0 fully saturated rings. The SMILES string of the molecule is Cc1cc(F)cc(NC(=O)NCCCCCCC(=O)O)c1. The van der Waals surface area contributed by atoms with Gasteiger partial charge in [-0.1, -0.05) is 12.8 Å². The number of carboxylic acid groups (broad SMARTS) is 1. The first-order chi connectivity index (χ1) is 9.97. The molecule has 2 amide bonds. The fourth-order valence-corrected chi connectivity index (χ4v) is 1.94. The molecule has 0 heterocycles. The van der Waals surface area contributed by atoms with Crippen molar-refractivity contribution in [1.82, 2.24) is 5.32 Å². The van der Waals surface area contributed by atoms with Gasteiger partial charge in [-0.05, 0) is 43.5 Å². The number of carboxylic acids is 1. The minimum absolute atomic E-state index is 0.187. The van der Waals surface area contributed by atoms with E-state index in [1.165, 1.54) is 12.1 Å². The highest BCUT2D eigenvalue weighted by Crippen LogP contribution is 2.12. The molecule has 21 heavy (non-hydrogen) atoms. The van der Waals surface area contributed by atoms with Crippen molar-refractivity contribution in [3.8, 4) is 0 Å². The van der Waals surface area contributed by atoms with Crippen molar-refractivity contribution < 1.29 is 19.1 Å². The molecule has 0 aliphatic rings. The summed E-state index contributed by atoms with van der Waals surface area (Å²) in [7, 11) is 0. The Bertz CT molecular complexity index is 472. The molecule has 0 spiro atoms. The zero-order valence-corrected chi connectivity index (χ0v) is 12.1. The van der Waals surface area contributed by atoms with Crippen molar-refractivity contribution in [1.29, 1.82) is 0 Å². The molecule has 0 aromatic heterocycles. The second kappa shape index (κ2) is 8.94. The van der Waals surface area contributed by atoms with E-state index >= 15 is 0 Å². The summed E-state index contributed by atoms with van der Waals surface area (Å²) in [6, 6.07) is 3.97. The molecule has 1 aromatic carbocycles. The quantitative estimate of drug-likeness (QED) is 0.644. The van der Waals surface area contributed by atoms with E-state index in [9.17, 15) is 14.0 Å². The van der Waals surface area contributed by atoms with Crippen LogP contribution in [0.3, 0.4) is 0 Å². The number of hydrogen-bond acceptors (Lipinski definition) is 2. The predicted octanol–water partition coefficient (Wildman–Crippen LogP) is 3.29. The summed E-state index contributed by atoms with van der Waals surface area (Å²) in [6.07, 6.45) is 3.33. The van der Waals surface area contributed by atoms with Crippen molar-refractivity contribution in [2.24, 2.45) is 0 Å². The molecule has 6 heteroatoms. The van der Waals surface area contributed by atoms with E-state index in [4.69, 9.17) is 5.11 Å². The van der Waals surface area contributed by atoms with Crippen LogP contribution in [-0.2, 0) is 4.79 Å². The van der Waals surface area contributed by atoms with Crippen LogP contribution in [0.15, 0.2) is 18.2 Å². The summed E-state index contributed by atoms with van der Waals surface area (Å²) in [5.41, 5.74) is 1.16. The number of carbonyl (C=O) groups excluding carboxylic acids is 1. The lowest BCUT2D eigenvalue weighted by Crippen LogP contribution is -2.29. The smallest absolute Gasteiger partial charge is 0.319 e. The second-order valence-electron chi connectivity index (χ2n) is 4.96. The molecule has 0 aliphatic heterocycles. The van der Waals surface area contributed by atoms with Crippen molar-refractivity contribution in [3.05, 3.63) is 29.6 Å². The van der Waals surface area contributed by atoms with Gasteiger partial charge in [0.15, 0.2) is 0 Å². The first-order valence-electron chi connectivity index (χ1n) is 7.01. The number of rotatable bonds is 8. The van der Waals surface area contributed by atoms with E-state index in [0.29, 0.717) is 18.7 Å². The van der Waals surface area contributed by atoms with Gasteiger partial charge in [0.1, 0.15) is 5.82 Å². The highest BCUT2D eigenvalue weighted by atomic mass is 19.1. The van der Waals surface area contributed by atoms with Gasteiger partial charge in [0.25, 0.3) is 0 Å². The molecule has 5 nitrogen and oxygen atoms in total. The van der Waals surface area contributed by atoms with Crippen molar-refractivity contribution in [2.45, 2.75) is 39.0 Å². The third-order valence-corrected chi connectivity index (χ3v) is 2.90. The van der Waals surface area contributed by atoms with Crippen LogP contribution in [0.25, 0.3) is 0 Å². The standard InChI is InChI=1S/C15H21FN2O3/c1-11-8-12(16)10-13(9-11)18-15(21)17-7-5-3-2-4-6-14(19)20/h8-10H,2-7H2,1H3,(H,19,20)(H2,17,18,21). The number of aryl methyl sites for hydroxylation is 1. The molecule has 0 atom stereocenters.